The quantitative estimate of drug-likeness (QED) is 0.450. The molecule has 0 radical (unpaired) electrons. The molecule has 0 spiro atoms. The Labute approximate surface area is 251 Å². The smallest absolute Gasteiger partial charge is 0.193 e. The lowest BCUT2D eigenvalue weighted by atomic mass is 9.46. The van der Waals surface area contributed by atoms with Crippen molar-refractivity contribution in [2.24, 2.45) is 28.6 Å². The molecular formula is C35H38O8. The van der Waals surface area contributed by atoms with E-state index < -0.39 is 47.3 Å². The molecule has 0 unspecified atom stereocenters. The second-order valence-corrected chi connectivity index (χ2v) is 13.3. The highest BCUT2D eigenvalue weighted by Gasteiger charge is 2.75. The topological polar surface area (TPSA) is 123 Å². The fourth-order valence-corrected chi connectivity index (χ4v) is 9.40. The number of fused-ring (bicyclic) bond motifs is 7. The summed E-state index contributed by atoms with van der Waals surface area (Å²) < 4.78 is 19.3. The number of ketones is 2. The minimum absolute atomic E-state index is 0.00931. The zero-order valence-corrected chi connectivity index (χ0v) is 24.4. The first kappa shape index (κ1) is 28.6. The molecule has 226 valence electrons. The van der Waals surface area contributed by atoms with Crippen LogP contribution in [0.25, 0.3) is 0 Å². The van der Waals surface area contributed by atoms with Crippen LogP contribution in [-0.4, -0.2) is 51.3 Å². The maximum Gasteiger partial charge on any atom is 0.193 e. The van der Waals surface area contributed by atoms with Gasteiger partial charge >= 0.3 is 0 Å². The Morgan fingerprint density at radius 3 is 2.63 bits per heavy atom. The van der Waals surface area contributed by atoms with Crippen molar-refractivity contribution in [3.05, 3.63) is 83.5 Å². The Kier molecular flexibility index (Phi) is 6.80. The molecule has 2 aromatic carbocycles. The van der Waals surface area contributed by atoms with Gasteiger partial charge < -0.3 is 29.5 Å². The predicted molar refractivity (Wildman–Crippen MR) is 156 cm³/mol. The van der Waals surface area contributed by atoms with Crippen LogP contribution in [0.15, 0.2) is 72.3 Å². The van der Waals surface area contributed by atoms with E-state index in [2.05, 4.69) is 6.92 Å². The summed E-state index contributed by atoms with van der Waals surface area (Å²) in [6, 6.07) is 14.5. The summed E-state index contributed by atoms with van der Waals surface area (Å²) in [5.41, 5.74) is -0.115. The van der Waals surface area contributed by atoms with Crippen molar-refractivity contribution in [3.8, 4) is 11.5 Å². The van der Waals surface area contributed by atoms with Crippen LogP contribution in [0.5, 0.6) is 11.5 Å². The van der Waals surface area contributed by atoms with Crippen LogP contribution >= 0.6 is 0 Å². The van der Waals surface area contributed by atoms with Gasteiger partial charge in [-0.25, -0.2) is 0 Å². The van der Waals surface area contributed by atoms with Crippen molar-refractivity contribution in [2.75, 3.05) is 6.61 Å². The van der Waals surface area contributed by atoms with Gasteiger partial charge in [0.05, 0.1) is 18.8 Å². The Morgan fingerprint density at radius 1 is 1.09 bits per heavy atom. The average molecular weight is 587 g/mol. The molecular weight excluding hydrogens is 548 g/mol. The molecule has 0 bridgehead atoms. The molecule has 7 rings (SSSR count). The Morgan fingerprint density at radius 2 is 1.86 bits per heavy atom. The van der Waals surface area contributed by atoms with Gasteiger partial charge in [-0.2, -0.15) is 0 Å². The maximum atomic E-state index is 13.8. The third-order valence-electron chi connectivity index (χ3n) is 11.2. The molecule has 5 aliphatic rings. The molecule has 2 aromatic rings. The van der Waals surface area contributed by atoms with E-state index in [0.29, 0.717) is 29.9 Å². The second kappa shape index (κ2) is 10.2. The van der Waals surface area contributed by atoms with Gasteiger partial charge in [0.2, 0.25) is 0 Å². The van der Waals surface area contributed by atoms with Crippen molar-refractivity contribution >= 4 is 11.6 Å². The Balaban J connectivity index is 1.20. The molecule has 1 saturated heterocycles. The monoisotopic (exact) mass is 586 g/mol. The van der Waals surface area contributed by atoms with E-state index in [-0.39, 0.29) is 30.1 Å². The molecule has 3 N–H and O–H groups in total. The fourth-order valence-electron chi connectivity index (χ4n) is 9.40. The molecule has 43 heavy (non-hydrogen) atoms. The van der Waals surface area contributed by atoms with Gasteiger partial charge in [-0.1, -0.05) is 49.8 Å². The highest BCUT2D eigenvalue weighted by Crippen LogP contribution is 2.70. The molecule has 4 fully saturated rings. The minimum Gasteiger partial charge on any atom is -0.457 e. The van der Waals surface area contributed by atoms with Crippen LogP contribution in [0, 0.1) is 28.6 Å². The van der Waals surface area contributed by atoms with Crippen LogP contribution in [0.2, 0.25) is 0 Å². The number of aliphatic hydroxyl groups is 3. The number of ether oxygens (including phenoxy) is 3. The highest BCUT2D eigenvalue weighted by molar-refractivity contribution is 6.01. The van der Waals surface area contributed by atoms with Crippen molar-refractivity contribution in [3.63, 3.8) is 0 Å². The van der Waals surface area contributed by atoms with Gasteiger partial charge in [-0.05, 0) is 79.5 Å². The van der Waals surface area contributed by atoms with Gasteiger partial charge in [-0.15, -0.1) is 0 Å². The van der Waals surface area contributed by atoms with E-state index in [1.165, 1.54) is 0 Å². The van der Waals surface area contributed by atoms with E-state index in [1.807, 2.05) is 55.5 Å². The zero-order valence-electron chi connectivity index (χ0n) is 24.4. The lowest BCUT2D eigenvalue weighted by Gasteiger charge is -2.59. The molecule has 4 aliphatic carbocycles. The molecule has 0 amide bonds. The molecule has 8 heteroatoms. The molecule has 9 atom stereocenters. The fraction of sp³-hybridized carbons (Fsp3) is 0.486. The standard InChI is InChI=1S/C35H38O8/c1-33-12-11-23(38)15-22(33)9-10-26-27-16-30-35(29(40)19-37,34(27,2)17-28(39)31(26)33)43-32(42-30)21-6-4-8-25(14-21)41-24-7-3-5-20(13-24)18-36/h3-8,11-15,26-28,30-32,36-37,39H,9-10,16-19H2,1-2H3/t26-,27-,28-,30+,31+,32+,33-,34-,35+/m0/s1. The molecule has 1 heterocycles. The number of allylic oxidation sites excluding steroid dienone is 4. The van der Waals surface area contributed by atoms with Crippen molar-refractivity contribution < 1.29 is 39.1 Å². The first-order chi connectivity index (χ1) is 20.6. The molecule has 8 nitrogen and oxygen atoms in total. The van der Waals surface area contributed by atoms with E-state index in [0.717, 1.165) is 24.0 Å². The van der Waals surface area contributed by atoms with Gasteiger partial charge in [0.25, 0.3) is 0 Å². The van der Waals surface area contributed by atoms with Crippen LogP contribution in [0.1, 0.15) is 56.9 Å². The summed E-state index contributed by atoms with van der Waals surface area (Å²) in [6.07, 6.45) is 5.62. The largest absolute Gasteiger partial charge is 0.457 e. The number of carbonyl (C=O) groups is 2. The zero-order chi connectivity index (χ0) is 30.1. The van der Waals surface area contributed by atoms with Crippen LogP contribution in [0.4, 0.5) is 0 Å². The Hall–Kier alpha value is -3.14. The van der Waals surface area contributed by atoms with Gasteiger partial charge in [0.15, 0.2) is 23.5 Å². The van der Waals surface area contributed by atoms with Gasteiger partial charge in [-0.3, -0.25) is 9.59 Å². The number of benzene rings is 2. The lowest BCUT2D eigenvalue weighted by molar-refractivity contribution is -0.201. The summed E-state index contributed by atoms with van der Waals surface area (Å²) in [5, 5.41) is 31.5. The summed E-state index contributed by atoms with van der Waals surface area (Å²) >= 11 is 0. The van der Waals surface area contributed by atoms with Gasteiger partial charge in [0, 0.05) is 22.3 Å². The van der Waals surface area contributed by atoms with Crippen molar-refractivity contribution in [2.45, 2.75) is 70.2 Å². The normalized spacial score (nSPS) is 39.4. The summed E-state index contributed by atoms with van der Waals surface area (Å²) in [7, 11) is 0. The third-order valence-corrected chi connectivity index (χ3v) is 11.2. The van der Waals surface area contributed by atoms with Crippen molar-refractivity contribution in [1.82, 2.24) is 0 Å². The highest BCUT2D eigenvalue weighted by atomic mass is 16.7. The summed E-state index contributed by atoms with van der Waals surface area (Å²) in [4.78, 5) is 25.9. The number of carbonyl (C=O) groups excluding carboxylic acids is 2. The predicted octanol–water partition coefficient (Wildman–Crippen LogP) is 4.57. The van der Waals surface area contributed by atoms with Crippen molar-refractivity contribution in [1.29, 1.82) is 0 Å². The van der Waals surface area contributed by atoms with E-state index >= 15 is 0 Å². The summed E-state index contributed by atoms with van der Waals surface area (Å²) in [6.45, 7) is 3.37. The second-order valence-electron chi connectivity index (χ2n) is 13.3. The third kappa shape index (κ3) is 4.15. The summed E-state index contributed by atoms with van der Waals surface area (Å²) in [5.74, 6) is 0.736. The first-order valence-corrected chi connectivity index (χ1v) is 15.2. The Bertz CT molecular complexity index is 1530. The van der Waals surface area contributed by atoms with E-state index in [4.69, 9.17) is 14.2 Å². The number of Topliss-reactive ketones (excluding diaryl/α,β-unsaturated/α-hetero) is 1. The lowest BCUT2D eigenvalue weighted by Crippen LogP contribution is -2.63. The average Bonchev–Trinajstić information content (AvgIpc) is 3.50. The SMILES string of the molecule is C[C@]12C=CC(=O)C=C1CC[C@@H]1[C@@H]2[C@@H](O)C[C@@]2(C)[C@H]1C[C@H]1O[C@@H](c3cccc(Oc4cccc(CO)c4)c3)O[C@]12C(=O)CO. The molecule has 0 aromatic heterocycles. The maximum absolute atomic E-state index is 13.8. The minimum atomic E-state index is -1.41. The molecule has 3 saturated carbocycles. The van der Waals surface area contributed by atoms with Gasteiger partial charge in [0.1, 0.15) is 18.1 Å². The molecule has 1 aliphatic heterocycles. The number of aliphatic hydroxyl groups excluding tert-OH is 3. The number of hydrogen-bond acceptors (Lipinski definition) is 8. The van der Waals surface area contributed by atoms with E-state index in [9.17, 15) is 24.9 Å². The number of rotatable bonds is 6. The van der Waals surface area contributed by atoms with Crippen LogP contribution < -0.4 is 4.74 Å². The van der Waals surface area contributed by atoms with Crippen LogP contribution in [-0.2, 0) is 25.7 Å². The van der Waals surface area contributed by atoms with Crippen LogP contribution in [0.3, 0.4) is 0 Å². The first-order valence-electron chi connectivity index (χ1n) is 15.2. The number of hydrogen-bond donors (Lipinski definition) is 3. The van der Waals surface area contributed by atoms with E-state index in [1.54, 1.807) is 18.2 Å².